The Bertz CT molecular complexity index is 1440. The van der Waals surface area contributed by atoms with Crippen molar-refractivity contribution >= 4 is 35.6 Å². The maximum Gasteiger partial charge on any atom is 0.258 e. The normalized spacial score (nSPS) is 16.5. The molecule has 38 heavy (non-hydrogen) atoms. The third-order valence-corrected chi connectivity index (χ3v) is 7.44. The molecule has 2 aliphatic heterocycles. The molecule has 0 radical (unpaired) electrons. The zero-order chi connectivity index (χ0) is 25.2. The van der Waals surface area contributed by atoms with Crippen LogP contribution in [0.4, 0.5) is 11.4 Å². The second-order valence-electron chi connectivity index (χ2n) is 9.75. The maximum absolute atomic E-state index is 13.7. The highest BCUT2D eigenvalue weighted by Crippen LogP contribution is 2.32. The number of anilines is 2. The molecule has 0 unspecified atom stereocenters. The van der Waals surface area contributed by atoms with Crippen LogP contribution in [0.3, 0.4) is 0 Å². The van der Waals surface area contributed by atoms with E-state index in [-0.39, 0.29) is 24.2 Å². The van der Waals surface area contributed by atoms with Gasteiger partial charge in [0.15, 0.2) is 0 Å². The molecule has 0 aliphatic carbocycles. The number of nitrogens with zero attached hydrogens (tertiary/aromatic N) is 2. The summed E-state index contributed by atoms with van der Waals surface area (Å²) in [5.41, 5.74) is 5.95. The van der Waals surface area contributed by atoms with Gasteiger partial charge in [0.05, 0.1) is 0 Å². The number of benzene rings is 4. The number of hydrogen-bond acceptors (Lipinski definition) is 3. The maximum atomic E-state index is 13.7. The number of carbonyl (C=O) groups is 2. The van der Waals surface area contributed by atoms with Gasteiger partial charge in [-0.3, -0.25) is 14.5 Å². The SMILES string of the molecule is Cl.O=C(Nc1ccc(C(=O)N2C[C@H]3CCCN3Cc3ccccc32)cc1)c1ccccc1-c1ccccc1. The van der Waals surface area contributed by atoms with E-state index in [4.69, 9.17) is 0 Å². The van der Waals surface area contributed by atoms with Gasteiger partial charge in [-0.2, -0.15) is 0 Å². The highest BCUT2D eigenvalue weighted by Gasteiger charge is 2.33. The molecule has 1 atom stereocenters. The molecular formula is C32H30ClN3O2. The van der Waals surface area contributed by atoms with Crippen LogP contribution >= 0.6 is 12.4 Å². The van der Waals surface area contributed by atoms with E-state index < -0.39 is 0 Å². The minimum Gasteiger partial charge on any atom is -0.322 e. The van der Waals surface area contributed by atoms with Crippen LogP contribution in [0, 0.1) is 0 Å². The lowest BCUT2D eigenvalue weighted by Crippen LogP contribution is -2.40. The molecule has 2 aliphatic rings. The average molecular weight is 524 g/mol. The van der Waals surface area contributed by atoms with Gasteiger partial charge in [0.2, 0.25) is 0 Å². The summed E-state index contributed by atoms with van der Waals surface area (Å²) in [6, 6.07) is 33.3. The Labute approximate surface area is 229 Å². The van der Waals surface area contributed by atoms with E-state index in [1.54, 1.807) is 12.1 Å². The number of nitrogens with one attached hydrogen (secondary N) is 1. The number of rotatable bonds is 4. The molecule has 1 saturated heterocycles. The summed E-state index contributed by atoms with van der Waals surface area (Å²) in [5, 5.41) is 3.00. The fraction of sp³-hybridized carbons (Fsp3) is 0.188. The van der Waals surface area contributed by atoms with Crippen LogP contribution in [0.15, 0.2) is 103 Å². The standard InChI is InChI=1S/C32H29N3O2.ClH/c36-31(29-14-6-5-13-28(29)23-9-2-1-3-10-23)33-26-18-16-24(17-19-26)32(37)35-22-27-12-8-20-34(27)21-25-11-4-7-15-30(25)35;/h1-7,9-11,13-19,27H,8,12,20-22H2,(H,33,36);1H/t27-;/m1./s1. The van der Waals surface area contributed by atoms with Gasteiger partial charge in [0.25, 0.3) is 11.8 Å². The Morgan fingerprint density at radius 2 is 1.50 bits per heavy atom. The Balaban J connectivity index is 0.00000294. The van der Waals surface area contributed by atoms with Crippen LogP contribution < -0.4 is 10.2 Å². The van der Waals surface area contributed by atoms with Gasteiger partial charge in [-0.1, -0.05) is 66.7 Å². The fourth-order valence-electron chi connectivity index (χ4n) is 5.54. The molecule has 1 N–H and O–H groups in total. The highest BCUT2D eigenvalue weighted by molar-refractivity contribution is 6.10. The minimum atomic E-state index is -0.179. The molecule has 6 rings (SSSR count). The third-order valence-electron chi connectivity index (χ3n) is 7.44. The topological polar surface area (TPSA) is 52.7 Å². The zero-order valence-corrected chi connectivity index (χ0v) is 21.9. The molecule has 4 aromatic rings. The first kappa shape index (κ1) is 25.7. The summed E-state index contributed by atoms with van der Waals surface area (Å²) in [7, 11) is 0. The van der Waals surface area contributed by atoms with Gasteiger partial charge in [0, 0.05) is 41.6 Å². The molecular weight excluding hydrogens is 494 g/mol. The molecule has 6 heteroatoms. The van der Waals surface area contributed by atoms with Crippen LogP contribution in [0.5, 0.6) is 0 Å². The molecule has 0 bridgehead atoms. The van der Waals surface area contributed by atoms with Crippen molar-refractivity contribution in [2.75, 3.05) is 23.3 Å². The lowest BCUT2D eigenvalue weighted by Gasteiger charge is -2.26. The van der Waals surface area contributed by atoms with Gasteiger partial charge >= 0.3 is 0 Å². The van der Waals surface area contributed by atoms with Crippen LogP contribution in [-0.2, 0) is 6.54 Å². The Morgan fingerprint density at radius 3 is 2.32 bits per heavy atom. The molecule has 5 nitrogen and oxygen atoms in total. The number of halogens is 1. The Kier molecular flexibility index (Phi) is 7.59. The second kappa shape index (κ2) is 11.2. The molecule has 0 saturated carbocycles. The van der Waals surface area contributed by atoms with Crippen LogP contribution in [0.25, 0.3) is 11.1 Å². The summed E-state index contributed by atoms with van der Waals surface area (Å²) in [5.74, 6) is -0.185. The number of fused-ring (bicyclic) bond motifs is 2. The van der Waals surface area contributed by atoms with Crippen molar-refractivity contribution in [3.05, 3.63) is 120 Å². The van der Waals surface area contributed by atoms with Crippen molar-refractivity contribution in [1.82, 2.24) is 4.90 Å². The Hall–Kier alpha value is -3.93. The molecule has 0 aromatic heterocycles. The number of hydrogen-bond donors (Lipinski definition) is 1. The van der Waals surface area contributed by atoms with Crippen molar-refractivity contribution < 1.29 is 9.59 Å². The van der Waals surface area contributed by atoms with E-state index in [9.17, 15) is 9.59 Å². The minimum absolute atomic E-state index is 0. The van der Waals surface area contributed by atoms with Crippen molar-refractivity contribution in [2.45, 2.75) is 25.4 Å². The van der Waals surface area contributed by atoms with Crippen LogP contribution in [-0.4, -0.2) is 35.8 Å². The third kappa shape index (κ3) is 5.08. The largest absolute Gasteiger partial charge is 0.322 e. The average Bonchev–Trinajstić information content (AvgIpc) is 3.32. The van der Waals surface area contributed by atoms with E-state index in [1.807, 2.05) is 89.8 Å². The van der Waals surface area contributed by atoms with E-state index >= 15 is 0 Å². The molecule has 192 valence electrons. The van der Waals surface area contributed by atoms with Crippen LogP contribution in [0.2, 0.25) is 0 Å². The quantitative estimate of drug-likeness (QED) is 0.326. The van der Waals surface area contributed by atoms with Gasteiger partial charge in [-0.15, -0.1) is 12.4 Å². The highest BCUT2D eigenvalue weighted by atomic mass is 35.5. The van der Waals surface area contributed by atoms with E-state index in [0.717, 1.165) is 36.3 Å². The molecule has 0 spiro atoms. The zero-order valence-electron chi connectivity index (χ0n) is 21.0. The van der Waals surface area contributed by atoms with E-state index in [1.165, 1.54) is 12.0 Å². The molecule has 2 heterocycles. The first-order valence-electron chi connectivity index (χ1n) is 12.9. The lowest BCUT2D eigenvalue weighted by molar-refractivity contribution is 0.0980. The lowest BCUT2D eigenvalue weighted by atomic mass is 9.99. The van der Waals surface area contributed by atoms with Gasteiger partial charge < -0.3 is 10.2 Å². The number of carbonyl (C=O) groups excluding carboxylic acids is 2. The molecule has 2 amide bonds. The Morgan fingerprint density at radius 1 is 0.789 bits per heavy atom. The summed E-state index contributed by atoms with van der Waals surface area (Å²) in [6.07, 6.45) is 2.30. The first-order valence-corrected chi connectivity index (χ1v) is 12.9. The predicted molar refractivity (Wildman–Crippen MR) is 155 cm³/mol. The number of amides is 2. The number of para-hydroxylation sites is 1. The first-order chi connectivity index (χ1) is 18.2. The molecule has 4 aromatic carbocycles. The van der Waals surface area contributed by atoms with Crippen molar-refractivity contribution in [3.8, 4) is 11.1 Å². The monoisotopic (exact) mass is 523 g/mol. The van der Waals surface area contributed by atoms with Crippen molar-refractivity contribution in [1.29, 1.82) is 0 Å². The molecule has 1 fully saturated rings. The second-order valence-corrected chi connectivity index (χ2v) is 9.75. The smallest absolute Gasteiger partial charge is 0.258 e. The summed E-state index contributed by atoms with van der Waals surface area (Å²) >= 11 is 0. The summed E-state index contributed by atoms with van der Waals surface area (Å²) in [4.78, 5) is 31.3. The van der Waals surface area contributed by atoms with Gasteiger partial charge in [-0.25, -0.2) is 0 Å². The summed E-state index contributed by atoms with van der Waals surface area (Å²) in [6.45, 7) is 2.67. The predicted octanol–water partition coefficient (Wildman–Crippen LogP) is 6.65. The summed E-state index contributed by atoms with van der Waals surface area (Å²) < 4.78 is 0. The van der Waals surface area contributed by atoms with E-state index in [0.29, 0.717) is 29.4 Å². The van der Waals surface area contributed by atoms with Gasteiger partial charge in [0.1, 0.15) is 0 Å². The fourth-order valence-corrected chi connectivity index (χ4v) is 5.54. The van der Waals surface area contributed by atoms with Crippen molar-refractivity contribution in [3.63, 3.8) is 0 Å². The van der Waals surface area contributed by atoms with E-state index in [2.05, 4.69) is 16.3 Å². The van der Waals surface area contributed by atoms with Crippen molar-refractivity contribution in [2.24, 2.45) is 0 Å². The van der Waals surface area contributed by atoms with Gasteiger partial charge in [-0.05, 0) is 72.5 Å². The van der Waals surface area contributed by atoms with Crippen LogP contribution in [0.1, 0.15) is 39.1 Å².